The van der Waals surface area contributed by atoms with E-state index in [2.05, 4.69) is 42.6 Å². The standard InChI is InChI=1S/C19H20BrN5O2.HI/c1-21-19(22-7-6-13-2-4-16-17(8-13)27-12-26-16)23-9-15-11-25-10-14(20)3-5-18(25)24-15;/h2-5,8,10-11H,6-7,9,12H2,1H3,(H2,21,22,23);1H. The summed E-state index contributed by atoms with van der Waals surface area (Å²) in [6.45, 7) is 1.66. The number of hydrogen-bond acceptors (Lipinski definition) is 4. The maximum Gasteiger partial charge on any atom is 0.231 e. The molecule has 0 bridgehead atoms. The average Bonchev–Trinajstić information content (AvgIpc) is 3.29. The van der Waals surface area contributed by atoms with E-state index in [4.69, 9.17) is 9.47 Å². The molecule has 0 atom stereocenters. The first-order chi connectivity index (χ1) is 13.2. The van der Waals surface area contributed by atoms with Gasteiger partial charge in [0.2, 0.25) is 6.79 Å². The Morgan fingerprint density at radius 2 is 2.04 bits per heavy atom. The van der Waals surface area contributed by atoms with Gasteiger partial charge < -0.3 is 24.5 Å². The van der Waals surface area contributed by atoms with Crippen LogP contribution in [-0.2, 0) is 13.0 Å². The molecule has 3 heterocycles. The van der Waals surface area contributed by atoms with E-state index >= 15 is 0 Å². The summed E-state index contributed by atoms with van der Waals surface area (Å²) in [4.78, 5) is 8.86. The molecular weight excluding hydrogens is 537 g/mol. The van der Waals surface area contributed by atoms with Crippen molar-refractivity contribution in [3.63, 3.8) is 0 Å². The lowest BCUT2D eigenvalue weighted by molar-refractivity contribution is 0.174. The summed E-state index contributed by atoms with van der Waals surface area (Å²) in [5, 5.41) is 6.62. The Morgan fingerprint density at radius 3 is 2.89 bits per heavy atom. The van der Waals surface area contributed by atoms with E-state index in [1.54, 1.807) is 7.05 Å². The van der Waals surface area contributed by atoms with Crippen LogP contribution >= 0.6 is 39.9 Å². The van der Waals surface area contributed by atoms with E-state index in [-0.39, 0.29) is 24.0 Å². The highest BCUT2D eigenvalue weighted by molar-refractivity contribution is 14.0. The Bertz CT molecular complexity index is 992. The molecule has 3 aromatic rings. The Kier molecular flexibility index (Phi) is 7.00. The summed E-state index contributed by atoms with van der Waals surface area (Å²) in [5.41, 5.74) is 3.06. The van der Waals surface area contributed by atoms with Gasteiger partial charge >= 0.3 is 0 Å². The molecule has 0 fully saturated rings. The summed E-state index contributed by atoms with van der Waals surface area (Å²) in [6.07, 6.45) is 4.86. The van der Waals surface area contributed by atoms with E-state index in [1.807, 2.05) is 41.1 Å². The SMILES string of the molecule is CN=C(NCCc1ccc2c(c1)OCO2)NCc1cn2cc(Br)ccc2n1.I. The Hall–Kier alpha value is -2.01. The molecule has 1 aliphatic heterocycles. The Balaban J connectivity index is 0.00000225. The van der Waals surface area contributed by atoms with Gasteiger partial charge in [-0.2, -0.15) is 0 Å². The summed E-state index contributed by atoms with van der Waals surface area (Å²) < 4.78 is 13.8. The molecule has 148 valence electrons. The number of benzene rings is 1. The van der Waals surface area contributed by atoms with E-state index in [0.29, 0.717) is 13.3 Å². The molecule has 0 saturated heterocycles. The first-order valence-electron chi connectivity index (χ1n) is 8.67. The number of fused-ring (bicyclic) bond motifs is 2. The van der Waals surface area contributed by atoms with E-state index in [1.165, 1.54) is 5.56 Å². The number of pyridine rings is 1. The quantitative estimate of drug-likeness (QED) is 0.286. The molecule has 9 heteroatoms. The third kappa shape index (κ3) is 4.88. The number of imidazole rings is 1. The molecule has 28 heavy (non-hydrogen) atoms. The van der Waals surface area contributed by atoms with Crippen molar-refractivity contribution in [2.24, 2.45) is 4.99 Å². The number of aliphatic imine (C=N–C) groups is 1. The number of halogens is 2. The minimum absolute atomic E-state index is 0. The van der Waals surface area contributed by atoms with Crippen molar-refractivity contribution in [1.29, 1.82) is 0 Å². The van der Waals surface area contributed by atoms with Crippen LogP contribution in [0.4, 0.5) is 0 Å². The van der Waals surface area contributed by atoms with Crippen molar-refractivity contribution < 1.29 is 9.47 Å². The van der Waals surface area contributed by atoms with Crippen molar-refractivity contribution in [2.45, 2.75) is 13.0 Å². The highest BCUT2D eigenvalue weighted by Gasteiger charge is 2.13. The van der Waals surface area contributed by atoms with Gasteiger partial charge in [0.1, 0.15) is 5.65 Å². The molecule has 2 N–H and O–H groups in total. The Labute approximate surface area is 188 Å². The Morgan fingerprint density at radius 1 is 1.18 bits per heavy atom. The molecule has 0 spiro atoms. The van der Waals surface area contributed by atoms with Crippen molar-refractivity contribution in [3.8, 4) is 11.5 Å². The van der Waals surface area contributed by atoms with Crippen LogP contribution in [0.5, 0.6) is 11.5 Å². The molecular formula is C19H21BrIN5O2. The van der Waals surface area contributed by atoms with Crippen LogP contribution in [-0.4, -0.2) is 35.7 Å². The van der Waals surface area contributed by atoms with E-state index in [0.717, 1.165) is 46.2 Å². The van der Waals surface area contributed by atoms with Crippen molar-refractivity contribution >= 4 is 51.5 Å². The van der Waals surface area contributed by atoms with Gasteiger partial charge in [-0.05, 0) is 52.2 Å². The second-order valence-electron chi connectivity index (χ2n) is 6.14. The van der Waals surface area contributed by atoms with Crippen LogP contribution in [0.1, 0.15) is 11.3 Å². The fraction of sp³-hybridized carbons (Fsp3) is 0.263. The van der Waals surface area contributed by atoms with Gasteiger partial charge in [-0.25, -0.2) is 4.98 Å². The number of rotatable bonds is 5. The molecule has 0 aliphatic carbocycles. The van der Waals surface area contributed by atoms with Gasteiger partial charge in [0.25, 0.3) is 0 Å². The number of nitrogens with zero attached hydrogens (tertiary/aromatic N) is 3. The van der Waals surface area contributed by atoms with Gasteiger partial charge in [0, 0.05) is 30.5 Å². The molecule has 1 aromatic carbocycles. The van der Waals surface area contributed by atoms with Crippen molar-refractivity contribution in [3.05, 3.63) is 58.5 Å². The lowest BCUT2D eigenvalue weighted by atomic mass is 10.1. The van der Waals surface area contributed by atoms with Gasteiger partial charge in [-0.1, -0.05) is 6.07 Å². The average molecular weight is 558 g/mol. The zero-order valence-corrected chi connectivity index (χ0v) is 19.2. The largest absolute Gasteiger partial charge is 0.454 e. The lowest BCUT2D eigenvalue weighted by Gasteiger charge is -2.11. The normalized spacial score (nSPS) is 12.7. The fourth-order valence-electron chi connectivity index (χ4n) is 2.92. The second kappa shape index (κ2) is 9.46. The molecule has 0 amide bonds. The number of hydrogen-bond donors (Lipinski definition) is 2. The van der Waals surface area contributed by atoms with E-state index in [9.17, 15) is 0 Å². The molecule has 0 saturated carbocycles. The number of guanidine groups is 1. The van der Waals surface area contributed by atoms with E-state index < -0.39 is 0 Å². The fourth-order valence-corrected chi connectivity index (χ4v) is 3.27. The third-order valence-corrected chi connectivity index (χ3v) is 4.74. The monoisotopic (exact) mass is 557 g/mol. The maximum absolute atomic E-state index is 5.42. The molecule has 1 aliphatic rings. The number of nitrogens with one attached hydrogen (secondary N) is 2. The maximum atomic E-state index is 5.42. The van der Waals surface area contributed by atoms with Crippen LogP contribution < -0.4 is 20.1 Å². The van der Waals surface area contributed by atoms with Gasteiger partial charge in [0.15, 0.2) is 17.5 Å². The van der Waals surface area contributed by atoms with Gasteiger partial charge in [0.05, 0.1) is 12.2 Å². The smallest absolute Gasteiger partial charge is 0.231 e. The molecule has 0 unspecified atom stereocenters. The minimum Gasteiger partial charge on any atom is -0.454 e. The molecule has 2 aromatic heterocycles. The summed E-state index contributed by atoms with van der Waals surface area (Å²) >= 11 is 3.47. The van der Waals surface area contributed by atoms with Crippen molar-refractivity contribution in [1.82, 2.24) is 20.0 Å². The van der Waals surface area contributed by atoms with Gasteiger partial charge in [-0.15, -0.1) is 24.0 Å². The zero-order chi connectivity index (χ0) is 18.6. The predicted molar refractivity (Wildman–Crippen MR) is 123 cm³/mol. The lowest BCUT2D eigenvalue weighted by Crippen LogP contribution is -2.37. The van der Waals surface area contributed by atoms with Crippen LogP contribution in [0, 0.1) is 0 Å². The van der Waals surface area contributed by atoms with Crippen LogP contribution in [0.2, 0.25) is 0 Å². The zero-order valence-electron chi connectivity index (χ0n) is 15.3. The van der Waals surface area contributed by atoms with Gasteiger partial charge in [-0.3, -0.25) is 4.99 Å². The molecule has 0 radical (unpaired) electrons. The first kappa shape index (κ1) is 20.7. The second-order valence-corrected chi connectivity index (χ2v) is 7.05. The van der Waals surface area contributed by atoms with Crippen LogP contribution in [0.25, 0.3) is 5.65 Å². The summed E-state index contributed by atoms with van der Waals surface area (Å²) in [7, 11) is 1.76. The highest BCUT2D eigenvalue weighted by Crippen LogP contribution is 2.32. The summed E-state index contributed by atoms with van der Waals surface area (Å²) in [6, 6.07) is 9.99. The molecule has 4 rings (SSSR count). The van der Waals surface area contributed by atoms with Crippen molar-refractivity contribution in [2.75, 3.05) is 20.4 Å². The van der Waals surface area contributed by atoms with Crippen LogP contribution in [0.15, 0.2) is 52.2 Å². The first-order valence-corrected chi connectivity index (χ1v) is 9.47. The topological polar surface area (TPSA) is 72.2 Å². The third-order valence-electron chi connectivity index (χ3n) is 4.27. The van der Waals surface area contributed by atoms with Crippen LogP contribution in [0.3, 0.4) is 0 Å². The minimum atomic E-state index is 0. The number of ether oxygens (including phenoxy) is 2. The predicted octanol–water partition coefficient (Wildman–Crippen LogP) is 3.35. The summed E-state index contributed by atoms with van der Waals surface area (Å²) in [5.74, 6) is 2.37. The number of aromatic nitrogens is 2. The highest BCUT2D eigenvalue weighted by atomic mass is 127. The molecule has 7 nitrogen and oxygen atoms in total.